The Hall–Kier alpha value is -2.52. The number of sulfonamides is 1. The van der Waals surface area contributed by atoms with Crippen LogP contribution < -0.4 is 5.32 Å². The minimum absolute atomic E-state index is 0.239. The molecule has 1 N–H and O–H groups in total. The van der Waals surface area contributed by atoms with E-state index in [2.05, 4.69) is 10.3 Å². The number of hydrogen-bond acceptors (Lipinski definition) is 5. The molecule has 27 heavy (non-hydrogen) atoms. The van der Waals surface area contributed by atoms with E-state index in [1.165, 1.54) is 22.7 Å². The predicted octanol–water partition coefficient (Wildman–Crippen LogP) is 2.07. The summed E-state index contributed by atoms with van der Waals surface area (Å²) in [7, 11) is -3.28. The van der Waals surface area contributed by atoms with E-state index >= 15 is 0 Å². The first kappa shape index (κ1) is 19.2. The van der Waals surface area contributed by atoms with Crippen LogP contribution in [0.3, 0.4) is 0 Å². The molecule has 144 valence electrons. The van der Waals surface area contributed by atoms with Crippen molar-refractivity contribution in [1.29, 1.82) is 0 Å². The van der Waals surface area contributed by atoms with E-state index in [0.29, 0.717) is 43.1 Å². The van der Waals surface area contributed by atoms with Gasteiger partial charge in [0.1, 0.15) is 11.6 Å². The van der Waals surface area contributed by atoms with Crippen LogP contribution in [0.1, 0.15) is 16.8 Å². The molecule has 1 saturated heterocycles. The number of carbonyl (C=O) groups excluding carboxylic acids is 1. The Morgan fingerprint density at radius 3 is 2.70 bits per heavy atom. The predicted molar refractivity (Wildman–Crippen MR) is 101 cm³/mol. The zero-order valence-corrected chi connectivity index (χ0v) is 15.7. The lowest BCUT2D eigenvalue weighted by Crippen LogP contribution is -2.37. The largest absolute Gasteiger partial charge is 0.339 e. The highest BCUT2D eigenvalue weighted by Crippen LogP contribution is 2.21. The molecule has 1 fully saturated rings. The molecule has 1 aromatic heterocycles. The number of hydrogen-bond donors (Lipinski definition) is 1. The van der Waals surface area contributed by atoms with Crippen LogP contribution in [0, 0.1) is 5.82 Å². The molecule has 0 unspecified atom stereocenters. The maximum absolute atomic E-state index is 13.4. The number of nitrogens with one attached hydrogen (secondary N) is 1. The Balaban J connectivity index is 1.79. The summed E-state index contributed by atoms with van der Waals surface area (Å²) >= 11 is 0. The van der Waals surface area contributed by atoms with Crippen molar-refractivity contribution in [2.75, 3.05) is 37.8 Å². The average molecular weight is 392 g/mol. The van der Waals surface area contributed by atoms with Crippen molar-refractivity contribution in [1.82, 2.24) is 14.2 Å². The number of carbonyl (C=O) groups is 1. The normalized spacial score (nSPS) is 16.0. The number of nitrogens with zero attached hydrogens (tertiary/aromatic N) is 3. The number of benzene rings is 1. The molecule has 1 amide bonds. The summed E-state index contributed by atoms with van der Waals surface area (Å²) in [5.74, 6) is -0.299. The van der Waals surface area contributed by atoms with Crippen LogP contribution in [0.5, 0.6) is 0 Å². The van der Waals surface area contributed by atoms with Gasteiger partial charge in [-0.1, -0.05) is 6.07 Å². The Morgan fingerprint density at radius 2 is 1.96 bits per heavy atom. The molecule has 2 aromatic rings. The van der Waals surface area contributed by atoms with E-state index in [9.17, 15) is 17.6 Å². The van der Waals surface area contributed by atoms with Gasteiger partial charge in [-0.05, 0) is 36.8 Å². The lowest BCUT2D eigenvalue weighted by Gasteiger charge is -2.22. The Bertz CT molecular complexity index is 936. The summed E-state index contributed by atoms with van der Waals surface area (Å²) in [4.78, 5) is 18.8. The zero-order chi connectivity index (χ0) is 19.4. The van der Waals surface area contributed by atoms with E-state index in [4.69, 9.17) is 0 Å². The summed E-state index contributed by atoms with van der Waals surface area (Å²) in [5.41, 5.74) is 0.844. The van der Waals surface area contributed by atoms with Gasteiger partial charge in [0, 0.05) is 38.1 Å². The third-order valence-corrected chi connectivity index (χ3v) is 5.64. The fourth-order valence-electron chi connectivity index (χ4n) is 2.98. The SMILES string of the molecule is CS(=O)(=O)N1CCCN(C(=O)c2cccnc2Nc2cccc(F)c2)CC1. The van der Waals surface area contributed by atoms with Gasteiger partial charge in [0.15, 0.2) is 0 Å². The smallest absolute Gasteiger partial charge is 0.257 e. The Labute approximate surface area is 157 Å². The van der Waals surface area contributed by atoms with E-state index < -0.39 is 15.8 Å². The highest BCUT2D eigenvalue weighted by Gasteiger charge is 2.25. The number of halogens is 1. The molecule has 0 atom stereocenters. The molecule has 3 rings (SSSR count). The van der Waals surface area contributed by atoms with Crippen LogP contribution in [0.4, 0.5) is 15.9 Å². The van der Waals surface area contributed by atoms with Gasteiger partial charge in [-0.25, -0.2) is 22.1 Å². The molecule has 1 aromatic carbocycles. The summed E-state index contributed by atoms with van der Waals surface area (Å²) < 4.78 is 38.3. The van der Waals surface area contributed by atoms with Crippen LogP contribution in [0.2, 0.25) is 0 Å². The average Bonchev–Trinajstić information content (AvgIpc) is 2.88. The molecule has 1 aliphatic rings. The fourth-order valence-corrected chi connectivity index (χ4v) is 3.85. The van der Waals surface area contributed by atoms with E-state index in [1.54, 1.807) is 35.4 Å². The van der Waals surface area contributed by atoms with Gasteiger partial charge in [0.05, 0.1) is 11.8 Å². The lowest BCUT2D eigenvalue weighted by molar-refractivity contribution is 0.0765. The molecule has 1 aliphatic heterocycles. The molecular formula is C18H21FN4O3S. The first-order chi connectivity index (χ1) is 12.8. The minimum atomic E-state index is -3.28. The van der Waals surface area contributed by atoms with Gasteiger partial charge in [0.25, 0.3) is 5.91 Å². The molecule has 0 saturated carbocycles. The number of rotatable bonds is 4. The third-order valence-electron chi connectivity index (χ3n) is 4.34. The van der Waals surface area contributed by atoms with Crippen LogP contribution in [0.15, 0.2) is 42.6 Å². The monoisotopic (exact) mass is 392 g/mol. The van der Waals surface area contributed by atoms with E-state index in [-0.39, 0.29) is 12.5 Å². The second-order valence-electron chi connectivity index (χ2n) is 6.34. The number of amides is 1. The summed E-state index contributed by atoms with van der Waals surface area (Å²) in [6, 6.07) is 9.21. The van der Waals surface area contributed by atoms with Gasteiger partial charge >= 0.3 is 0 Å². The van der Waals surface area contributed by atoms with Crippen molar-refractivity contribution in [3.63, 3.8) is 0 Å². The van der Waals surface area contributed by atoms with Gasteiger partial charge in [-0.2, -0.15) is 0 Å². The van der Waals surface area contributed by atoms with Crippen molar-refractivity contribution < 1.29 is 17.6 Å². The van der Waals surface area contributed by atoms with Crippen LogP contribution in [-0.4, -0.2) is 60.9 Å². The minimum Gasteiger partial charge on any atom is -0.339 e. The molecule has 9 heteroatoms. The highest BCUT2D eigenvalue weighted by atomic mass is 32.2. The van der Waals surface area contributed by atoms with Crippen molar-refractivity contribution >= 4 is 27.4 Å². The quantitative estimate of drug-likeness (QED) is 0.861. The van der Waals surface area contributed by atoms with Gasteiger partial charge in [-0.15, -0.1) is 0 Å². The standard InChI is InChI=1S/C18H21FN4O3S/c1-27(25,26)23-10-4-9-22(11-12-23)18(24)16-7-3-8-20-17(16)21-15-6-2-5-14(19)13-15/h2-3,5-8,13H,4,9-12H2,1H3,(H,20,21). The molecule has 0 bridgehead atoms. The van der Waals surface area contributed by atoms with Crippen molar-refractivity contribution in [2.45, 2.75) is 6.42 Å². The number of anilines is 2. The summed E-state index contributed by atoms with van der Waals surface area (Å²) in [6.07, 6.45) is 3.28. The Morgan fingerprint density at radius 1 is 1.15 bits per heavy atom. The maximum atomic E-state index is 13.4. The lowest BCUT2D eigenvalue weighted by atomic mass is 10.2. The number of pyridine rings is 1. The molecular weight excluding hydrogens is 371 g/mol. The molecule has 0 aliphatic carbocycles. The van der Waals surface area contributed by atoms with Crippen LogP contribution >= 0.6 is 0 Å². The van der Waals surface area contributed by atoms with Crippen molar-refractivity contribution in [2.24, 2.45) is 0 Å². The second-order valence-corrected chi connectivity index (χ2v) is 8.33. The van der Waals surface area contributed by atoms with Crippen molar-refractivity contribution in [3.05, 3.63) is 54.0 Å². The van der Waals surface area contributed by atoms with Gasteiger partial charge in [-0.3, -0.25) is 4.79 Å². The third kappa shape index (κ3) is 4.81. The summed E-state index contributed by atoms with van der Waals surface area (Å²) in [6.45, 7) is 1.42. The van der Waals surface area contributed by atoms with E-state index in [0.717, 1.165) is 0 Å². The highest BCUT2D eigenvalue weighted by molar-refractivity contribution is 7.88. The van der Waals surface area contributed by atoms with Gasteiger partial charge in [0.2, 0.25) is 10.0 Å². The summed E-state index contributed by atoms with van der Waals surface area (Å²) in [5, 5.41) is 2.98. The van der Waals surface area contributed by atoms with Crippen molar-refractivity contribution in [3.8, 4) is 0 Å². The fraction of sp³-hybridized carbons (Fsp3) is 0.333. The topological polar surface area (TPSA) is 82.6 Å². The second kappa shape index (κ2) is 8.01. The zero-order valence-electron chi connectivity index (χ0n) is 14.9. The molecule has 2 heterocycles. The molecule has 7 nitrogen and oxygen atoms in total. The molecule has 0 radical (unpaired) electrons. The van der Waals surface area contributed by atoms with Crippen LogP contribution in [-0.2, 0) is 10.0 Å². The van der Waals surface area contributed by atoms with E-state index in [1.807, 2.05) is 0 Å². The van der Waals surface area contributed by atoms with Gasteiger partial charge < -0.3 is 10.2 Å². The first-order valence-electron chi connectivity index (χ1n) is 8.56. The number of aromatic nitrogens is 1. The Kier molecular flexibility index (Phi) is 5.71. The molecule has 0 spiro atoms. The first-order valence-corrected chi connectivity index (χ1v) is 10.4. The van der Waals surface area contributed by atoms with Crippen LogP contribution in [0.25, 0.3) is 0 Å². The maximum Gasteiger partial charge on any atom is 0.257 e.